The molecule has 120 valence electrons. The molecule has 0 aliphatic rings. The van der Waals surface area contributed by atoms with Crippen molar-refractivity contribution >= 4 is 16.9 Å². The number of fused-ring (bicyclic) bond motifs is 1. The molecule has 0 bridgehead atoms. The number of aryl methyl sites for hydroxylation is 2. The van der Waals surface area contributed by atoms with E-state index in [4.69, 9.17) is 4.42 Å². The zero-order valence-corrected chi connectivity index (χ0v) is 13.9. The first-order chi connectivity index (χ1) is 11.0. The molecule has 0 spiro atoms. The normalized spacial score (nSPS) is 11.3. The molecule has 0 aliphatic carbocycles. The van der Waals surface area contributed by atoms with Gasteiger partial charge in [-0.15, -0.1) is 0 Å². The largest absolute Gasteiger partial charge is 0.459 e. The zero-order valence-electron chi connectivity index (χ0n) is 13.9. The number of carbonyl (C=O) groups is 1. The molecule has 3 rings (SSSR count). The molecule has 2 heterocycles. The molecule has 23 heavy (non-hydrogen) atoms. The highest BCUT2D eigenvalue weighted by atomic mass is 16.3. The van der Waals surface area contributed by atoms with E-state index in [-0.39, 0.29) is 5.91 Å². The molecular formula is C18H21N3O2. The Morgan fingerprint density at radius 3 is 2.74 bits per heavy atom. The Labute approximate surface area is 135 Å². The summed E-state index contributed by atoms with van der Waals surface area (Å²) in [6.45, 7) is 6.49. The second-order valence-corrected chi connectivity index (χ2v) is 6.06. The highest BCUT2D eigenvalue weighted by Gasteiger charge is 2.16. The van der Waals surface area contributed by atoms with Crippen LogP contribution in [0.1, 0.15) is 47.3 Å². The Hall–Kier alpha value is -2.56. The number of furan rings is 1. The quantitative estimate of drug-likeness (QED) is 0.802. The number of para-hydroxylation sites is 1. The number of hydrogen-bond acceptors (Lipinski definition) is 3. The van der Waals surface area contributed by atoms with Gasteiger partial charge in [-0.05, 0) is 25.0 Å². The summed E-state index contributed by atoms with van der Waals surface area (Å²) in [6.07, 6.45) is 0. The van der Waals surface area contributed by atoms with Gasteiger partial charge in [-0.3, -0.25) is 9.48 Å². The molecule has 1 amide bonds. The molecule has 3 aromatic rings. The Morgan fingerprint density at radius 2 is 2.09 bits per heavy atom. The summed E-state index contributed by atoms with van der Waals surface area (Å²) in [7, 11) is 1.78. The first kappa shape index (κ1) is 15.3. The van der Waals surface area contributed by atoms with Gasteiger partial charge in [-0.25, -0.2) is 0 Å². The van der Waals surface area contributed by atoms with Crippen molar-refractivity contribution in [3.63, 3.8) is 0 Å². The van der Waals surface area contributed by atoms with E-state index in [9.17, 15) is 4.79 Å². The monoisotopic (exact) mass is 311 g/mol. The van der Waals surface area contributed by atoms with E-state index in [0.29, 0.717) is 18.2 Å². The van der Waals surface area contributed by atoms with Gasteiger partial charge in [0.2, 0.25) is 0 Å². The topological polar surface area (TPSA) is 60.1 Å². The van der Waals surface area contributed by atoms with E-state index in [1.165, 1.54) is 0 Å². The lowest BCUT2D eigenvalue weighted by Gasteiger charge is -2.04. The van der Waals surface area contributed by atoms with Crippen LogP contribution in [0, 0.1) is 6.92 Å². The molecule has 5 heteroatoms. The smallest absolute Gasteiger partial charge is 0.269 e. The first-order valence-corrected chi connectivity index (χ1v) is 7.76. The summed E-state index contributed by atoms with van der Waals surface area (Å²) in [5, 5.41) is 8.37. The summed E-state index contributed by atoms with van der Waals surface area (Å²) in [4.78, 5) is 12.4. The van der Waals surface area contributed by atoms with Gasteiger partial charge in [0.25, 0.3) is 5.91 Å². The van der Waals surface area contributed by atoms with Gasteiger partial charge in [0.1, 0.15) is 17.0 Å². The van der Waals surface area contributed by atoms with Gasteiger partial charge < -0.3 is 9.73 Å². The predicted molar refractivity (Wildman–Crippen MR) is 89.4 cm³/mol. The van der Waals surface area contributed by atoms with Crippen molar-refractivity contribution in [2.75, 3.05) is 0 Å². The summed E-state index contributed by atoms with van der Waals surface area (Å²) in [6, 6.07) is 9.72. The van der Waals surface area contributed by atoms with Gasteiger partial charge in [0, 0.05) is 18.0 Å². The van der Waals surface area contributed by atoms with Gasteiger partial charge in [0.05, 0.1) is 12.2 Å². The van der Waals surface area contributed by atoms with E-state index in [1.54, 1.807) is 11.7 Å². The molecule has 0 fully saturated rings. The van der Waals surface area contributed by atoms with Crippen molar-refractivity contribution in [2.24, 2.45) is 7.05 Å². The Kier molecular flexibility index (Phi) is 3.94. The van der Waals surface area contributed by atoms with Crippen molar-refractivity contribution in [1.29, 1.82) is 0 Å². The van der Waals surface area contributed by atoms with Crippen molar-refractivity contribution in [3.8, 4) is 0 Å². The van der Waals surface area contributed by atoms with Crippen LogP contribution < -0.4 is 5.32 Å². The number of amides is 1. The van der Waals surface area contributed by atoms with Crippen molar-refractivity contribution in [2.45, 2.75) is 33.2 Å². The maximum atomic E-state index is 12.4. The zero-order chi connectivity index (χ0) is 16.6. The SMILES string of the molecule is Cc1c(CNC(=O)c2cc(C(C)C)nn2C)oc2ccccc12. The highest BCUT2D eigenvalue weighted by Crippen LogP contribution is 2.24. The molecule has 0 atom stereocenters. The van der Waals surface area contributed by atoms with Crippen LogP contribution in [0.25, 0.3) is 11.0 Å². The van der Waals surface area contributed by atoms with E-state index < -0.39 is 0 Å². The molecule has 0 radical (unpaired) electrons. The third-order valence-corrected chi connectivity index (χ3v) is 4.07. The molecule has 1 aromatic carbocycles. The average Bonchev–Trinajstić information content (AvgIpc) is 3.07. The fraction of sp³-hybridized carbons (Fsp3) is 0.333. The number of rotatable bonds is 4. The van der Waals surface area contributed by atoms with E-state index in [2.05, 4.69) is 24.3 Å². The molecule has 0 aliphatic heterocycles. The minimum Gasteiger partial charge on any atom is -0.459 e. The Balaban J connectivity index is 1.77. The minimum atomic E-state index is -0.147. The van der Waals surface area contributed by atoms with E-state index in [1.807, 2.05) is 37.3 Å². The lowest BCUT2D eigenvalue weighted by atomic mass is 10.1. The van der Waals surface area contributed by atoms with Crippen molar-refractivity contribution in [3.05, 3.63) is 53.0 Å². The molecule has 0 saturated carbocycles. The number of benzene rings is 1. The third kappa shape index (κ3) is 2.86. The Bertz CT molecular complexity index is 858. The van der Waals surface area contributed by atoms with Crippen LogP contribution in [0.3, 0.4) is 0 Å². The second-order valence-electron chi connectivity index (χ2n) is 6.06. The Morgan fingerprint density at radius 1 is 1.35 bits per heavy atom. The fourth-order valence-electron chi connectivity index (χ4n) is 2.63. The summed E-state index contributed by atoms with van der Waals surface area (Å²) in [5.41, 5.74) is 3.38. The van der Waals surface area contributed by atoms with Crippen molar-refractivity contribution < 1.29 is 9.21 Å². The first-order valence-electron chi connectivity index (χ1n) is 7.76. The fourth-order valence-corrected chi connectivity index (χ4v) is 2.63. The number of nitrogens with zero attached hydrogens (tertiary/aromatic N) is 2. The molecular weight excluding hydrogens is 290 g/mol. The molecule has 0 unspecified atom stereocenters. The van der Waals surface area contributed by atoms with Crippen LogP contribution in [-0.2, 0) is 13.6 Å². The summed E-state index contributed by atoms with van der Waals surface area (Å²) >= 11 is 0. The van der Waals surface area contributed by atoms with Crippen LogP contribution in [0.15, 0.2) is 34.7 Å². The van der Waals surface area contributed by atoms with E-state index >= 15 is 0 Å². The van der Waals surface area contributed by atoms with E-state index in [0.717, 1.165) is 28.0 Å². The standard InChI is InChI=1S/C18H21N3O2/c1-11(2)14-9-15(21(4)20-14)18(22)19-10-17-12(3)13-7-5-6-8-16(13)23-17/h5-9,11H,10H2,1-4H3,(H,19,22). The molecule has 0 saturated heterocycles. The summed E-state index contributed by atoms with van der Waals surface area (Å²) in [5.74, 6) is 0.929. The van der Waals surface area contributed by atoms with Crippen LogP contribution >= 0.6 is 0 Å². The number of carbonyl (C=O) groups excluding carboxylic acids is 1. The third-order valence-electron chi connectivity index (χ3n) is 4.07. The summed E-state index contributed by atoms with van der Waals surface area (Å²) < 4.78 is 7.44. The molecule has 5 nitrogen and oxygen atoms in total. The predicted octanol–water partition coefficient (Wildman–Crippen LogP) is 3.53. The van der Waals surface area contributed by atoms with Crippen LogP contribution in [0.2, 0.25) is 0 Å². The highest BCUT2D eigenvalue weighted by molar-refractivity contribution is 5.92. The molecule has 1 N–H and O–H groups in total. The van der Waals surface area contributed by atoms with Crippen LogP contribution in [0.5, 0.6) is 0 Å². The van der Waals surface area contributed by atoms with Crippen LogP contribution in [0.4, 0.5) is 0 Å². The lowest BCUT2D eigenvalue weighted by molar-refractivity contribution is 0.0938. The molecule has 2 aromatic heterocycles. The van der Waals surface area contributed by atoms with Gasteiger partial charge in [-0.1, -0.05) is 32.0 Å². The van der Waals surface area contributed by atoms with Crippen molar-refractivity contribution in [1.82, 2.24) is 15.1 Å². The van der Waals surface area contributed by atoms with Crippen LogP contribution in [-0.4, -0.2) is 15.7 Å². The average molecular weight is 311 g/mol. The number of aromatic nitrogens is 2. The second kappa shape index (κ2) is 5.91. The number of nitrogens with one attached hydrogen (secondary N) is 1. The maximum Gasteiger partial charge on any atom is 0.269 e. The maximum absolute atomic E-state index is 12.4. The number of hydrogen-bond donors (Lipinski definition) is 1. The minimum absolute atomic E-state index is 0.147. The van der Waals surface area contributed by atoms with Gasteiger partial charge in [-0.2, -0.15) is 5.10 Å². The van der Waals surface area contributed by atoms with Gasteiger partial charge in [0.15, 0.2) is 0 Å². The lowest BCUT2D eigenvalue weighted by Crippen LogP contribution is -2.25. The van der Waals surface area contributed by atoms with Gasteiger partial charge >= 0.3 is 0 Å².